The van der Waals surface area contributed by atoms with Gasteiger partial charge in [-0.1, -0.05) is 0 Å². The van der Waals surface area contributed by atoms with Crippen molar-refractivity contribution in [1.29, 1.82) is 0 Å². The lowest BCUT2D eigenvalue weighted by Gasteiger charge is -2.07. The highest BCUT2D eigenvalue weighted by molar-refractivity contribution is 5.99. The second-order valence-electron chi connectivity index (χ2n) is 4.63. The molecule has 0 bridgehead atoms. The molecule has 0 radical (unpaired) electrons. The van der Waals surface area contributed by atoms with Crippen molar-refractivity contribution < 1.29 is 14.7 Å². The maximum absolute atomic E-state index is 11.8. The van der Waals surface area contributed by atoms with E-state index in [-0.39, 0.29) is 11.4 Å². The van der Waals surface area contributed by atoms with Crippen LogP contribution in [0.1, 0.15) is 22.0 Å². The molecule has 2 aromatic rings. The molecule has 8 heteroatoms. The van der Waals surface area contributed by atoms with Crippen molar-refractivity contribution in [2.45, 2.75) is 13.3 Å². The minimum atomic E-state index is -1.12. The van der Waals surface area contributed by atoms with E-state index < -0.39 is 12.0 Å². The molecule has 2 heterocycles. The van der Waals surface area contributed by atoms with Gasteiger partial charge >= 0.3 is 12.0 Å². The van der Waals surface area contributed by atoms with E-state index in [1.807, 2.05) is 17.8 Å². The predicted octanol–water partition coefficient (Wildman–Crippen LogP) is 1.12. The molecule has 0 spiro atoms. The standard InChI is InChI=1S/C13H17N5O3/c1-8-7-9(11(16-8)12(19)20)17-13(21)15-4-3-10-14-5-6-18(10)2/h5-7,16H,3-4H2,1-2H3,(H,19,20)(H2,15,17,21). The SMILES string of the molecule is Cc1cc(NC(=O)NCCc2nccn2C)c(C(=O)O)[nH]1. The molecule has 0 saturated heterocycles. The lowest BCUT2D eigenvalue weighted by Crippen LogP contribution is -2.31. The van der Waals surface area contributed by atoms with Crippen LogP contribution in [-0.4, -0.2) is 38.2 Å². The van der Waals surface area contributed by atoms with Gasteiger partial charge in [-0.3, -0.25) is 0 Å². The van der Waals surface area contributed by atoms with E-state index in [4.69, 9.17) is 5.11 Å². The average Bonchev–Trinajstić information content (AvgIpc) is 2.96. The number of carbonyl (C=O) groups is 2. The van der Waals surface area contributed by atoms with Gasteiger partial charge in [-0.15, -0.1) is 0 Å². The number of H-pyrrole nitrogens is 1. The molecule has 2 aromatic heterocycles. The zero-order valence-corrected chi connectivity index (χ0v) is 11.8. The molecule has 112 valence electrons. The summed E-state index contributed by atoms with van der Waals surface area (Å²) in [6.45, 7) is 2.12. The van der Waals surface area contributed by atoms with Crippen LogP contribution in [0.15, 0.2) is 18.5 Å². The van der Waals surface area contributed by atoms with E-state index in [1.54, 1.807) is 19.2 Å². The number of anilines is 1. The number of aryl methyl sites for hydroxylation is 2. The number of aromatic amines is 1. The first kappa shape index (κ1) is 14.6. The number of hydrogen-bond acceptors (Lipinski definition) is 3. The van der Waals surface area contributed by atoms with E-state index in [0.29, 0.717) is 18.7 Å². The van der Waals surface area contributed by atoms with Crippen LogP contribution >= 0.6 is 0 Å². The third-order valence-electron chi connectivity index (χ3n) is 2.97. The molecule has 0 saturated carbocycles. The smallest absolute Gasteiger partial charge is 0.354 e. The molecule has 2 rings (SSSR count). The van der Waals surface area contributed by atoms with E-state index in [0.717, 1.165) is 5.82 Å². The summed E-state index contributed by atoms with van der Waals surface area (Å²) in [5, 5.41) is 14.2. The number of nitrogens with zero attached hydrogens (tertiary/aromatic N) is 2. The van der Waals surface area contributed by atoms with Gasteiger partial charge in [-0.25, -0.2) is 14.6 Å². The van der Waals surface area contributed by atoms with E-state index in [1.165, 1.54) is 0 Å². The first-order chi connectivity index (χ1) is 9.97. The Hall–Kier alpha value is -2.77. The summed E-state index contributed by atoms with van der Waals surface area (Å²) in [6, 6.07) is 1.12. The predicted molar refractivity (Wildman–Crippen MR) is 76.4 cm³/mol. The van der Waals surface area contributed by atoms with Gasteiger partial charge in [0.15, 0.2) is 0 Å². The molecule has 21 heavy (non-hydrogen) atoms. The highest BCUT2D eigenvalue weighted by Crippen LogP contribution is 2.16. The summed E-state index contributed by atoms with van der Waals surface area (Å²) >= 11 is 0. The Bertz CT molecular complexity index is 659. The zero-order chi connectivity index (χ0) is 15.4. The number of nitrogens with one attached hydrogen (secondary N) is 3. The van der Waals surface area contributed by atoms with Crippen molar-refractivity contribution >= 4 is 17.7 Å². The van der Waals surface area contributed by atoms with Gasteiger partial charge in [0.1, 0.15) is 11.5 Å². The van der Waals surface area contributed by atoms with Gasteiger partial charge in [-0.2, -0.15) is 0 Å². The Morgan fingerprint density at radius 2 is 2.24 bits per heavy atom. The molecular weight excluding hydrogens is 274 g/mol. The summed E-state index contributed by atoms with van der Waals surface area (Å²) < 4.78 is 1.87. The fraction of sp³-hybridized carbons (Fsp3) is 0.308. The minimum Gasteiger partial charge on any atom is -0.477 e. The molecule has 0 fully saturated rings. The normalized spacial score (nSPS) is 10.4. The summed E-state index contributed by atoms with van der Waals surface area (Å²) in [7, 11) is 1.88. The fourth-order valence-electron chi connectivity index (χ4n) is 1.95. The number of rotatable bonds is 5. The number of aromatic carboxylic acids is 1. The second kappa shape index (κ2) is 6.12. The van der Waals surface area contributed by atoms with Crippen molar-refractivity contribution in [3.63, 3.8) is 0 Å². The van der Waals surface area contributed by atoms with Gasteiger partial charge in [-0.05, 0) is 13.0 Å². The molecule has 0 unspecified atom stereocenters. The van der Waals surface area contributed by atoms with Crippen molar-refractivity contribution in [3.05, 3.63) is 35.7 Å². The number of carbonyl (C=O) groups excluding carboxylic acids is 1. The lowest BCUT2D eigenvalue weighted by molar-refractivity contribution is 0.0692. The third kappa shape index (κ3) is 3.62. The maximum atomic E-state index is 11.8. The first-order valence-corrected chi connectivity index (χ1v) is 6.41. The number of amides is 2. The number of carboxylic acids is 1. The molecule has 0 atom stereocenters. The van der Waals surface area contributed by atoms with Crippen LogP contribution in [0.5, 0.6) is 0 Å². The average molecular weight is 291 g/mol. The molecule has 2 amide bonds. The molecular formula is C13H17N5O3. The summed E-state index contributed by atoms with van der Waals surface area (Å²) in [5.41, 5.74) is 0.872. The van der Waals surface area contributed by atoms with Crippen LogP contribution in [0.4, 0.5) is 10.5 Å². The monoisotopic (exact) mass is 291 g/mol. The summed E-state index contributed by atoms with van der Waals surface area (Å²) in [6.07, 6.45) is 4.11. The Morgan fingerprint density at radius 3 is 2.86 bits per heavy atom. The largest absolute Gasteiger partial charge is 0.477 e. The number of carboxylic acid groups (broad SMARTS) is 1. The molecule has 0 aliphatic carbocycles. The van der Waals surface area contributed by atoms with Crippen molar-refractivity contribution in [3.8, 4) is 0 Å². The molecule has 0 aromatic carbocycles. The van der Waals surface area contributed by atoms with Crippen LogP contribution in [0.2, 0.25) is 0 Å². The van der Waals surface area contributed by atoms with E-state index in [9.17, 15) is 9.59 Å². The maximum Gasteiger partial charge on any atom is 0.354 e. The highest BCUT2D eigenvalue weighted by atomic mass is 16.4. The van der Waals surface area contributed by atoms with Gasteiger partial charge in [0.05, 0.1) is 5.69 Å². The number of urea groups is 1. The second-order valence-corrected chi connectivity index (χ2v) is 4.63. The fourth-order valence-corrected chi connectivity index (χ4v) is 1.95. The van der Waals surface area contributed by atoms with Crippen molar-refractivity contribution in [1.82, 2.24) is 19.9 Å². The molecule has 0 aliphatic rings. The van der Waals surface area contributed by atoms with Crippen LogP contribution in [-0.2, 0) is 13.5 Å². The van der Waals surface area contributed by atoms with Gasteiger partial charge in [0.2, 0.25) is 0 Å². The van der Waals surface area contributed by atoms with Crippen LogP contribution in [0.25, 0.3) is 0 Å². The quantitative estimate of drug-likeness (QED) is 0.661. The molecule has 8 nitrogen and oxygen atoms in total. The topological polar surface area (TPSA) is 112 Å². The van der Waals surface area contributed by atoms with Crippen molar-refractivity contribution in [2.75, 3.05) is 11.9 Å². The molecule has 0 aliphatic heterocycles. The van der Waals surface area contributed by atoms with E-state index >= 15 is 0 Å². The van der Waals surface area contributed by atoms with Gasteiger partial charge in [0, 0.05) is 38.1 Å². The highest BCUT2D eigenvalue weighted by Gasteiger charge is 2.15. The van der Waals surface area contributed by atoms with Crippen molar-refractivity contribution in [2.24, 2.45) is 7.05 Å². The van der Waals surface area contributed by atoms with Gasteiger partial charge < -0.3 is 25.3 Å². The van der Waals surface area contributed by atoms with Crippen LogP contribution < -0.4 is 10.6 Å². The Morgan fingerprint density at radius 1 is 1.48 bits per heavy atom. The first-order valence-electron chi connectivity index (χ1n) is 6.41. The Kier molecular flexibility index (Phi) is 4.27. The van der Waals surface area contributed by atoms with Gasteiger partial charge in [0.25, 0.3) is 0 Å². The minimum absolute atomic E-state index is 0.0354. The third-order valence-corrected chi connectivity index (χ3v) is 2.97. The molecule has 4 N–H and O–H groups in total. The Balaban J connectivity index is 1.87. The van der Waals surface area contributed by atoms with Crippen LogP contribution in [0.3, 0.4) is 0 Å². The van der Waals surface area contributed by atoms with Crippen LogP contribution in [0, 0.1) is 6.92 Å². The number of aromatic nitrogens is 3. The number of imidazole rings is 1. The number of hydrogen-bond donors (Lipinski definition) is 4. The zero-order valence-electron chi connectivity index (χ0n) is 11.8. The summed E-state index contributed by atoms with van der Waals surface area (Å²) in [5.74, 6) is -0.259. The Labute approximate surface area is 121 Å². The summed E-state index contributed by atoms with van der Waals surface area (Å²) in [4.78, 5) is 29.6. The van der Waals surface area contributed by atoms with E-state index in [2.05, 4.69) is 20.6 Å². The lowest BCUT2D eigenvalue weighted by atomic mass is 10.3.